The van der Waals surface area contributed by atoms with Crippen LogP contribution in [0.3, 0.4) is 0 Å². The minimum absolute atomic E-state index is 0.169. The average molecular weight is 359 g/mol. The van der Waals surface area contributed by atoms with Gasteiger partial charge in [-0.05, 0) is 30.3 Å². The number of nitrogens with one attached hydrogen (secondary N) is 3. The van der Waals surface area contributed by atoms with E-state index in [1.165, 1.54) is 30.3 Å². The van der Waals surface area contributed by atoms with E-state index in [2.05, 4.69) is 16.0 Å². The van der Waals surface area contributed by atoms with Crippen LogP contribution in [0.15, 0.2) is 54.0 Å². The lowest BCUT2D eigenvalue weighted by Crippen LogP contribution is -2.24. The molecule has 3 rings (SSSR count). The molecule has 0 saturated heterocycles. The fourth-order valence-electron chi connectivity index (χ4n) is 2.29. The Morgan fingerprint density at radius 1 is 1.00 bits per heavy atom. The van der Waals surface area contributed by atoms with Crippen LogP contribution in [-0.4, -0.2) is 15.8 Å². The van der Waals surface area contributed by atoms with Crippen LogP contribution in [0, 0.1) is 26.0 Å². The monoisotopic (exact) mass is 359 g/mol. The number of nitro groups is 2. The van der Waals surface area contributed by atoms with Gasteiger partial charge in [-0.1, -0.05) is 0 Å². The van der Waals surface area contributed by atoms with Gasteiger partial charge in [0, 0.05) is 17.8 Å². The highest BCUT2D eigenvalue weighted by Gasteiger charge is 2.32. The number of nitrogens with zero attached hydrogens (tertiary/aromatic N) is 2. The van der Waals surface area contributed by atoms with Crippen LogP contribution in [0.1, 0.15) is 0 Å². The van der Waals surface area contributed by atoms with Crippen LogP contribution in [0.25, 0.3) is 0 Å². The van der Waals surface area contributed by atoms with E-state index in [1.807, 2.05) is 0 Å². The Morgan fingerprint density at radius 3 is 2.27 bits per heavy atom. The number of non-ortho nitro benzene ring substituents is 1. The quantitative estimate of drug-likeness (QED) is 0.433. The van der Waals surface area contributed by atoms with Crippen LogP contribution in [0.2, 0.25) is 0 Å². The van der Waals surface area contributed by atoms with E-state index >= 15 is 0 Å². The molecular weight excluding hydrogens is 349 g/mol. The normalized spacial score (nSPS) is 13.9. The van der Waals surface area contributed by atoms with Crippen molar-refractivity contribution < 1.29 is 19.0 Å². The molecule has 1 aliphatic rings. The zero-order valence-corrected chi connectivity index (χ0v) is 12.9. The molecule has 1 heterocycles. The summed E-state index contributed by atoms with van der Waals surface area (Å²) in [7, 11) is 0. The highest BCUT2D eigenvalue weighted by molar-refractivity contribution is 6.03. The summed E-state index contributed by atoms with van der Waals surface area (Å²) < 4.78 is 12.9. The number of hydrogen-bond acceptors (Lipinski definition) is 7. The summed E-state index contributed by atoms with van der Waals surface area (Å²) in [5.74, 6) is -1.80. The molecule has 0 saturated carbocycles. The van der Waals surface area contributed by atoms with Crippen molar-refractivity contribution >= 4 is 28.7 Å². The summed E-state index contributed by atoms with van der Waals surface area (Å²) in [5, 5.41) is 29.7. The fourth-order valence-corrected chi connectivity index (χ4v) is 2.29. The van der Waals surface area contributed by atoms with Crippen molar-refractivity contribution in [1.82, 2.24) is 0 Å². The van der Waals surface area contributed by atoms with E-state index in [9.17, 15) is 29.4 Å². The highest BCUT2D eigenvalue weighted by Crippen LogP contribution is 2.34. The minimum atomic E-state index is -1.04. The topological polar surface area (TPSA) is 139 Å². The Morgan fingerprint density at radius 2 is 1.65 bits per heavy atom. The van der Waals surface area contributed by atoms with Gasteiger partial charge in [0.15, 0.2) is 5.82 Å². The van der Waals surface area contributed by atoms with E-state index in [0.29, 0.717) is 5.69 Å². The van der Waals surface area contributed by atoms with Gasteiger partial charge in [0.2, 0.25) is 0 Å². The molecule has 0 aromatic heterocycles. The second-order valence-corrected chi connectivity index (χ2v) is 5.18. The van der Waals surface area contributed by atoms with Crippen LogP contribution < -0.4 is 16.0 Å². The van der Waals surface area contributed by atoms with Gasteiger partial charge in [-0.25, -0.2) is 4.39 Å². The smallest absolute Gasteiger partial charge is 0.334 e. The molecule has 0 bridgehead atoms. The third kappa shape index (κ3) is 3.26. The maximum absolute atomic E-state index is 12.9. The summed E-state index contributed by atoms with van der Waals surface area (Å²) >= 11 is 0. The van der Waals surface area contributed by atoms with Crippen molar-refractivity contribution in [2.24, 2.45) is 0 Å². The molecule has 0 aliphatic carbocycles. The number of benzene rings is 2. The maximum Gasteiger partial charge on any atom is 0.373 e. The highest BCUT2D eigenvalue weighted by atomic mass is 19.1. The molecule has 132 valence electrons. The summed E-state index contributed by atoms with van der Waals surface area (Å²) in [5.41, 5.74) is -0.295. The molecule has 0 atom stereocenters. The molecule has 1 aliphatic heterocycles. The van der Waals surface area contributed by atoms with E-state index in [1.54, 1.807) is 0 Å². The number of carbonyl (C=O) groups is 1. The SMILES string of the molecule is O=C(Nc1ccc(F)cc1)/C(=C1\Nc2ccc([N+](=O)[O-])cc2N1)[N+](=O)[O-]. The summed E-state index contributed by atoms with van der Waals surface area (Å²) in [6.45, 7) is 0. The number of hydrogen-bond donors (Lipinski definition) is 3. The third-order valence-corrected chi connectivity index (χ3v) is 3.47. The molecule has 0 unspecified atom stereocenters. The van der Waals surface area contributed by atoms with Crippen LogP contribution in [0.5, 0.6) is 0 Å². The zero-order valence-electron chi connectivity index (χ0n) is 12.9. The Hall–Kier alpha value is -4.02. The number of fused-ring (bicyclic) bond motifs is 1. The first-order chi connectivity index (χ1) is 12.3. The van der Waals surface area contributed by atoms with Crippen LogP contribution in [-0.2, 0) is 4.79 Å². The first-order valence-electron chi connectivity index (χ1n) is 7.13. The summed E-state index contributed by atoms with van der Waals surface area (Å²) in [6.07, 6.45) is 0. The number of nitro benzene ring substituents is 1. The molecule has 0 radical (unpaired) electrons. The van der Waals surface area contributed by atoms with Gasteiger partial charge in [-0.15, -0.1) is 0 Å². The van der Waals surface area contributed by atoms with Crippen molar-refractivity contribution in [3.05, 3.63) is 80.0 Å². The molecule has 0 spiro atoms. The summed E-state index contributed by atoms with van der Waals surface area (Å²) in [6, 6.07) is 8.46. The van der Waals surface area contributed by atoms with Crippen LogP contribution in [0.4, 0.5) is 27.1 Å². The lowest BCUT2D eigenvalue weighted by Gasteiger charge is -2.06. The predicted molar refractivity (Wildman–Crippen MR) is 89.4 cm³/mol. The number of amides is 1. The van der Waals surface area contributed by atoms with Gasteiger partial charge in [0.05, 0.1) is 21.2 Å². The Labute approximate surface area is 144 Å². The number of anilines is 3. The Balaban J connectivity index is 1.89. The summed E-state index contributed by atoms with van der Waals surface area (Å²) in [4.78, 5) is 32.9. The van der Waals surface area contributed by atoms with Crippen LogP contribution >= 0.6 is 0 Å². The molecule has 1 amide bonds. The fraction of sp³-hybridized carbons (Fsp3) is 0. The van der Waals surface area contributed by atoms with Crippen molar-refractivity contribution in [3.8, 4) is 0 Å². The van der Waals surface area contributed by atoms with E-state index < -0.39 is 27.3 Å². The Bertz CT molecular complexity index is 957. The van der Waals surface area contributed by atoms with Gasteiger partial charge < -0.3 is 16.0 Å². The molecule has 2 aromatic rings. The number of carbonyl (C=O) groups excluding carboxylic acids is 1. The largest absolute Gasteiger partial charge is 0.373 e. The second-order valence-electron chi connectivity index (χ2n) is 5.18. The van der Waals surface area contributed by atoms with E-state index in [0.717, 1.165) is 12.1 Å². The maximum atomic E-state index is 12.9. The number of rotatable bonds is 4. The van der Waals surface area contributed by atoms with Gasteiger partial charge in [-0.2, -0.15) is 0 Å². The Kier molecular flexibility index (Phi) is 4.19. The van der Waals surface area contributed by atoms with Gasteiger partial charge in [-0.3, -0.25) is 25.0 Å². The lowest BCUT2D eigenvalue weighted by atomic mass is 10.2. The number of halogens is 1. The lowest BCUT2D eigenvalue weighted by molar-refractivity contribution is -0.419. The molecule has 11 heteroatoms. The van der Waals surface area contributed by atoms with Gasteiger partial charge in [0.1, 0.15) is 5.82 Å². The second kappa shape index (κ2) is 6.47. The van der Waals surface area contributed by atoms with Crippen molar-refractivity contribution in [2.45, 2.75) is 0 Å². The van der Waals surface area contributed by atoms with Gasteiger partial charge >= 0.3 is 11.6 Å². The minimum Gasteiger partial charge on any atom is -0.334 e. The first-order valence-corrected chi connectivity index (χ1v) is 7.13. The molecule has 3 N–H and O–H groups in total. The predicted octanol–water partition coefficient (Wildman–Crippen LogP) is 2.66. The molecule has 10 nitrogen and oxygen atoms in total. The zero-order chi connectivity index (χ0) is 18.8. The van der Waals surface area contributed by atoms with Crippen molar-refractivity contribution in [3.63, 3.8) is 0 Å². The molecule has 0 fully saturated rings. The molecular formula is C15H10FN5O5. The average Bonchev–Trinajstić information content (AvgIpc) is 2.98. The third-order valence-electron chi connectivity index (χ3n) is 3.47. The van der Waals surface area contributed by atoms with E-state index in [4.69, 9.17) is 0 Å². The van der Waals surface area contributed by atoms with Gasteiger partial charge in [0.25, 0.3) is 5.69 Å². The molecule has 26 heavy (non-hydrogen) atoms. The van der Waals surface area contributed by atoms with E-state index in [-0.39, 0.29) is 22.9 Å². The van der Waals surface area contributed by atoms with Crippen molar-refractivity contribution in [1.29, 1.82) is 0 Å². The first kappa shape index (κ1) is 16.8. The van der Waals surface area contributed by atoms with Crippen molar-refractivity contribution in [2.75, 3.05) is 16.0 Å². The standard InChI is InChI=1S/C15H10FN5O5/c16-8-1-3-9(4-2-8)17-15(22)13(21(25)26)14-18-11-6-5-10(20(23)24)7-12(11)19-14/h1-7,18-19H,(H,17,22)/b14-13-. The molecule has 2 aromatic carbocycles.